The average Bonchev–Trinajstić information content (AvgIpc) is 2.47. The lowest BCUT2D eigenvalue weighted by atomic mass is 10.3. The third kappa shape index (κ3) is 1.22. The van der Waals surface area contributed by atoms with Crippen LogP contribution in [0.2, 0.25) is 0 Å². The molecule has 5 heteroatoms. The molecule has 0 radical (unpaired) electrons. The van der Waals surface area contributed by atoms with Crippen molar-refractivity contribution in [1.29, 1.82) is 0 Å². The number of nitrogens with zero attached hydrogens (tertiary/aromatic N) is 4. The van der Waals surface area contributed by atoms with Gasteiger partial charge < -0.3 is 4.90 Å². The molecule has 1 aliphatic heterocycles. The van der Waals surface area contributed by atoms with Crippen LogP contribution in [-0.2, 0) is 4.79 Å². The first-order valence-corrected chi connectivity index (χ1v) is 3.52. The van der Waals surface area contributed by atoms with Crippen LogP contribution in [0.3, 0.4) is 0 Å². The molecular formula is C9H4N4O. The average molecular weight is 184 g/mol. The second-order valence-corrected chi connectivity index (χ2v) is 2.43. The molecular weight excluding hydrogens is 180 g/mol. The van der Waals surface area contributed by atoms with Gasteiger partial charge in [0.1, 0.15) is 18.8 Å². The number of amides is 1. The predicted molar refractivity (Wildman–Crippen MR) is 47.7 cm³/mol. The van der Waals surface area contributed by atoms with Crippen molar-refractivity contribution in [3.8, 4) is 0 Å². The number of likely N-dealkylation sites (N-methyl/N-ethyl adjacent to an activating group) is 1. The van der Waals surface area contributed by atoms with Gasteiger partial charge in [-0.2, -0.15) is 9.69 Å². The van der Waals surface area contributed by atoms with Crippen molar-refractivity contribution in [2.24, 2.45) is 0 Å². The van der Waals surface area contributed by atoms with Gasteiger partial charge in [0.05, 0.1) is 6.57 Å². The van der Waals surface area contributed by atoms with Crippen molar-refractivity contribution < 1.29 is 4.79 Å². The topological polar surface area (TPSA) is 33.4 Å². The maximum Gasteiger partial charge on any atom is 0.532 e. The Hall–Kier alpha value is -2.58. The number of hydrogen-bond acceptors (Lipinski definition) is 1. The Morgan fingerprint density at radius 2 is 1.93 bits per heavy atom. The van der Waals surface area contributed by atoms with E-state index >= 15 is 0 Å². The molecule has 0 aromatic heterocycles. The van der Waals surface area contributed by atoms with Crippen LogP contribution in [0.4, 0.5) is 0 Å². The van der Waals surface area contributed by atoms with Gasteiger partial charge in [-0.3, -0.25) is 4.79 Å². The minimum atomic E-state index is -0.379. The molecule has 1 rings (SSSR count). The van der Waals surface area contributed by atoms with Crippen LogP contribution in [0.15, 0.2) is 23.3 Å². The van der Waals surface area contributed by atoms with Gasteiger partial charge in [0.2, 0.25) is 11.6 Å². The first-order valence-electron chi connectivity index (χ1n) is 3.52. The zero-order chi connectivity index (χ0) is 10.7. The Kier molecular flexibility index (Phi) is 2.33. The van der Waals surface area contributed by atoms with E-state index in [2.05, 4.69) is 14.5 Å². The molecule has 0 fully saturated rings. The zero-order valence-electron chi connectivity index (χ0n) is 7.27. The third-order valence-electron chi connectivity index (χ3n) is 1.71. The van der Waals surface area contributed by atoms with E-state index in [-0.39, 0.29) is 23.1 Å². The Morgan fingerprint density at radius 3 is 2.36 bits per heavy atom. The molecule has 1 heterocycles. The summed E-state index contributed by atoms with van der Waals surface area (Å²) in [5.74, 6) is -0.628. The molecule has 0 unspecified atom stereocenters. The fraction of sp³-hybridized carbons (Fsp3) is 0.111. The van der Waals surface area contributed by atoms with Gasteiger partial charge in [-0.1, -0.05) is 0 Å². The van der Waals surface area contributed by atoms with Crippen molar-refractivity contribution in [2.75, 3.05) is 7.05 Å². The largest absolute Gasteiger partial charge is 0.532 e. The normalized spacial score (nSPS) is 14.1. The Balaban J connectivity index is 3.41. The summed E-state index contributed by atoms with van der Waals surface area (Å²) < 4.78 is 0. The molecule has 1 amide bonds. The second-order valence-electron chi connectivity index (χ2n) is 2.43. The van der Waals surface area contributed by atoms with Gasteiger partial charge in [0.15, 0.2) is 0 Å². The summed E-state index contributed by atoms with van der Waals surface area (Å²) in [5, 5.41) is 0. The second kappa shape index (κ2) is 3.43. The van der Waals surface area contributed by atoms with Crippen molar-refractivity contribution >= 4 is 5.91 Å². The Bertz CT molecular complexity index is 462. The van der Waals surface area contributed by atoms with E-state index < -0.39 is 0 Å². The van der Waals surface area contributed by atoms with E-state index in [1.54, 1.807) is 0 Å². The summed E-state index contributed by atoms with van der Waals surface area (Å²) in [4.78, 5) is 21.3. The van der Waals surface area contributed by atoms with Crippen LogP contribution in [0.25, 0.3) is 14.5 Å². The molecule has 0 aromatic carbocycles. The standard InChI is InChI=1S/C9H4N4O/c1-10-6-5-7(14)13(4)8(6)9(11-2)12-3/h5H,4H3. The highest BCUT2D eigenvalue weighted by molar-refractivity contribution is 5.95. The van der Waals surface area contributed by atoms with Gasteiger partial charge in [0, 0.05) is 13.1 Å². The van der Waals surface area contributed by atoms with Gasteiger partial charge in [-0.25, -0.2) is 4.85 Å². The summed E-state index contributed by atoms with van der Waals surface area (Å²) in [5.41, 5.74) is 0.162. The molecule has 0 bridgehead atoms. The fourth-order valence-corrected chi connectivity index (χ4v) is 1.04. The molecule has 0 saturated carbocycles. The van der Waals surface area contributed by atoms with E-state index in [9.17, 15) is 4.79 Å². The van der Waals surface area contributed by atoms with Gasteiger partial charge in [0.25, 0.3) is 0 Å². The van der Waals surface area contributed by atoms with Gasteiger partial charge in [-0.05, 0) is 0 Å². The molecule has 0 N–H and O–H groups in total. The van der Waals surface area contributed by atoms with E-state index in [0.717, 1.165) is 11.0 Å². The van der Waals surface area contributed by atoms with E-state index in [0.29, 0.717) is 0 Å². The number of carbonyl (C=O) groups is 1. The molecule has 5 nitrogen and oxygen atoms in total. The molecule has 0 aliphatic carbocycles. The summed E-state index contributed by atoms with van der Waals surface area (Å²) in [6.07, 6.45) is 1.12. The highest BCUT2D eigenvalue weighted by Crippen LogP contribution is 2.27. The smallest absolute Gasteiger partial charge is 0.326 e. The van der Waals surface area contributed by atoms with E-state index in [4.69, 9.17) is 19.7 Å². The molecule has 0 atom stereocenters. The van der Waals surface area contributed by atoms with Crippen molar-refractivity contribution in [1.82, 2.24) is 4.90 Å². The first kappa shape index (κ1) is 9.51. The first-order chi connectivity index (χ1) is 6.65. The minimum Gasteiger partial charge on any atom is -0.326 e. The van der Waals surface area contributed by atoms with Crippen LogP contribution in [0.1, 0.15) is 0 Å². The van der Waals surface area contributed by atoms with Crippen molar-refractivity contribution in [2.45, 2.75) is 0 Å². The van der Waals surface area contributed by atoms with Crippen LogP contribution in [-0.4, -0.2) is 17.9 Å². The molecule has 14 heavy (non-hydrogen) atoms. The maximum atomic E-state index is 11.2. The lowest BCUT2D eigenvalue weighted by Crippen LogP contribution is -2.19. The summed E-state index contributed by atoms with van der Waals surface area (Å²) >= 11 is 0. The number of carbonyl (C=O) groups excluding carboxylic acids is 1. The van der Waals surface area contributed by atoms with E-state index in [1.165, 1.54) is 7.05 Å². The fourth-order valence-electron chi connectivity index (χ4n) is 1.04. The SMILES string of the molecule is [C-]#[N+]C1=CC(=O)N(C)C1=C([N+]#[C-])[N+]#[C-]. The van der Waals surface area contributed by atoms with Crippen LogP contribution >= 0.6 is 0 Å². The number of rotatable bonds is 0. The van der Waals surface area contributed by atoms with Gasteiger partial charge >= 0.3 is 5.82 Å². The lowest BCUT2D eigenvalue weighted by Gasteiger charge is -2.08. The molecule has 1 aliphatic rings. The minimum absolute atomic E-state index is 0.0551. The maximum absolute atomic E-state index is 11.2. The van der Waals surface area contributed by atoms with E-state index in [1.807, 2.05) is 0 Å². The quantitative estimate of drug-likeness (QED) is 0.522. The van der Waals surface area contributed by atoms with Gasteiger partial charge in [-0.15, -0.1) is 0 Å². The summed E-state index contributed by atoms with van der Waals surface area (Å²) in [6.45, 7) is 20.3. The highest BCUT2D eigenvalue weighted by atomic mass is 16.2. The summed E-state index contributed by atoms with van der Waals surface area (Å²) in [6, 6.07) is 0. The zero-order valence-corrected chi connectivity index (χ0v) is 7.27. The van der Waals surface area contributed by atoms with Crippen LogP contribution in [0, 0.1) is 19.7 Å². The highest BCUT2D eigenvalue weighted by Gasteiger charge is 2.32. The molecule has 0 saturated heterocycles. The predicted octanol–water partition coefficient (Wildman–Crippen LogP) is 1.27. The van der Waals surface area contributed by atoms with Crippen molar-refractivity contribution in [3.05, 3.63) is 57.5 Å². The molecule has 66 valence electrons. The Labute approximate surface area is 81.0 Å². The monoisotopic (exact) mass is 184 g/mol. The van der Waals surface area contributed by atoms with Crippen molar-refractivity contribution in [3.63, 3.8) is 0 Å². The van der Waals surface area contributed by atoms with Crippen LogP contribution < -0.4 is 0 Å². The van der Waals surface area contributed by atoms with Crippen LogP contribution in [0.5, 0.6) is 0 Å². The Morgan fingerprint density at radius 1 is 1.36 bits per heavy atom. The third-order valence-corrected chi connectivity index (χ3v) is 1.71. The molecule has 0 spiro atoms. The lowest BCUT2D eigenvalue weighted by molar-refractivity contribution is -0.122. The molecule has 0 aromatic rings. The number of hydrogen-bond donors (Lipinski definition) is 0. The summed E-state index contributed by atoms with van der Waals surface area (Å²) in [7, 11) is 1.43.